The highest BCUT2D eigenvalue weighted by Gasteiger charge is 2.68. The van der Waals surface area contributed by atoms with Gasteiger partial charge >= 0.3 is 0 Å². The third kappa shape index (κ3) is 4.14. The Hall–Kier alpha value is -3.30. The molecule has 3 heterocycles. The minimum absolute atomic E-state index is 0.0578. The normalized spacial score (nSPS) is 26.9. The summed E-state index contributed by atoms with van der Waals surface area (Å²) in [6.07, 6.45) is 2.28. The maximum absolute atomic E-state index is 15.5. The van der Waals surface area contributed by atoms with Gasteiger partial charge in [0.2, 0.25) is 26.0 Å². The van der Waals surface area contributed by atoms with Crippen LogP contribution in [-0.4, -0.2) is 79.5 Å². The minimum Gasteiger partial charge on any atom is -0.495 e. The first-order chi connectivity index (χ1) is 18.3. The lowest BCUT2D eigenvalue weighted by Gasteiger charge is -2.52. The number of guanidine groups is 1. The first-order valence-corrected chi connectivity index (χ1v) is 15.2. The number of benzene rings is 1. The molecule has 3 N–H and O–H groups in total. The summed E-state index contributed by atoms with van der Waals surface area (Å²) in [5.74, 6) is -1.39. The van der Waals surface area contributed by atoms with Gasteiger partial charge in [0.15, 0.2) is 0 Å². The number of nitrogens with one attached hydrogen (secondary N) is 3. The molecular weight excluding hydrogens is 551 g/mol. The molecule has 1 aromatic heterocycles. The maximum atomic E-state index is 15.5. The van der Waals surface area contributed by atoms with Crippen LogP contribution in [0.5, 0.6) is 5.75 Å². The number of amides is 1. The minimum atomic E-state index is -4.34. The van der Waals surface area contributed by atoms with Gasteiger partial charge in [-0.1, -0.05) is 0 Å². The lowest BCUT2D eigenvalue weighted by Crippen LogP contribution is -2.74. The van der Waals surface area contributed by atoms with Crippen molar-refractivity contribution in [3.63, 3.8) is 0 Å². The number of pyridine rings is 1. The van der Waals surface area contributed by atoms with Gasteiger partial charge in [0.25, 0.3) is 5.91 Å². The molecule has 2 aliphatic heterocycles. The Labute approximate surface area is 226 Å². The highest BCUT2D eigenvalue weighted by atomic mass is 32.2. The third-order valence-electron chi connectivity index (χ3n) is 7.92. The molecule has 12 nitrogen and oxygen atoms in total. The lowest BCUT2D eigenvalue weighted by molar-refractivity contribution is 0.102. The second-order valence-corrected chi connectivity index (χ2v) is 14.6. The molecule has 1 aromatic carbocycles. The molecule has 0 bridgehead atoms. The molecule has 210 valence electrons. The van der Waals surface area contributed by atoms with Crippen molar-refractivity contribution < 1.29 is 30.8 Å². The molecule has 3 fully saturated rings. The van der Waals surface area contributed by atoms with Crippen molar-refractivity contribution >= 4 is 37.6 Å². The summed E-state index contributed by atoms with van der Waals surface area (Å²) < 4.78 is 74.6. The van der Waals surface area contributed by atoms with E-state index in [1.54, 1.807) is 6.07 Å². The first kappa shape index (κ1) is 27.3. The molecule has 2 aromatic rings. The van der Waals surface area contributed by atoms with Crippen LogP contribution in [0.2, 0.25) is 0 Å². The van der Waals surface area contributed by atoms with Gasteiger partial charge < -0.3 is 15.4 Å². The molecule has 0 radical (unpaired) electrons. The third-order valence-corrected chi connectivity index (χ3v) is 12.9. The van der Waals surface area contributed by atoms with Crippen LogP contribution >= 0.6 is 0 Å². The zero-order chi connectivity index (χ0) is 28.4. The molecule has 1 aliphatic carbocycles. The Morgan fingerprint density at radius 2 is 2.00 bits per heavy atom. The molecule has 1 saturated carbocycles. The molecular formula is C24H29FN6O6S2. The number of sulfonamides is 2. The van der Waals surface area contributed by atoms with Crippen molar-refractivity contribution in [3.8, 4) is 5.75 Å². The number of halogens is 1. The summed E-state index contributed by atoms with van der Waals surface area (Å²) in [6, 6.07) is 6.73. The first-order valence-electron chi connectivity index (χ1n) is 12.2. The number of hydrogen-bond acceptors (Lipinski definition) is 8. The summed E-state index contributed by atoms with van der Waals surface area (Å²) in [4.78, 5) is 16.8. The monoisotopic (exact) mass is 580 g/mol. The Morgan fingerprint density at radius 1 is 1.28 bits per heavy atom. The quantitative estimate of drug-likeness (QED) is 0.462. The Kier molecular flexibility index (Phi) is 6.38. The van der Waals surface area contributed by atoms with Gasteiger partial charge in [-0.25, -0.2) is 30.5 Å². The lowest BCUT2D eigenvalue weighted by atomic mass is 9.77. The fraction of sp³-hybridized carbons (Fsp3) is 0.458. The molecule has 15 heteroatoms. The summed E-state index contributed by atoms with van der Waals surface area (Å²) in [7, 11) is -5.39. The number of anilines is 1. The maximum Gasteiger partial charge on any atom is 0.274 e. The van der Waals surface area contributed by atoms with Crippen molar-refractivity contribution in [3.05, 3.63) is 53.6 Å². The van der Waals surface area contributed by atoms with Crippen LogP contribution in [-0.2, 0) is 25.6 Å². The molecule has 1 amide bonds. The molecule has 2 atom stereocenters. The summed E-state index contributed by atoms with van der Waals surface area (Å²) in [6.45, 7) is 0.993. The largest absolute Gasteiger partial charge is 0.495 e. The number of hydrogen-bond donors (Lipinski definition) is 3. The van der Waals surface area contributed by atoms with Crippen molar-refractivity contribution in [2.75, 3.05) is 32.6 Å². The second kappa shape index (κ2) is 9.13. The molecule has 1 spiro atoms. The van der Waals surface area contributed by atoms with Crippen LogP contribution in [0.25, 0.3) is 0 Å². The van der Waals surface area contributed by atoms with Crippen LogP contribution < -0.4 is 15.4 Å². The average molecular weight is 581 g/mol. The zero-order valence-electron chi connectivity index (χ0n) is 21.6. The molecule has 3 aliphatic rings. The van der Waals surface area contributed by atoms with Gasteiger partial charge in [0.05, 0.1) is 24.1 Å². The Bertz CT molecular complexity index is 1560. The van der Waals surface area contributed by atoms with Crippen LogP contribution in [0.4, 0.5) is 10.1 Å². The predicted octanol–water partition coefficient (Wildman–Crippen LogP) is 1.43. The van der Waals surface area contributed by atoms with Crippen LogP contribution in [0.1, 0.15) is 42.2 Å². The van der Waals surface area contributed by atoms with Crippen molar-refractivity contribution in [2.24, 2.45) is 0 Å². The second-order valence-electron chi connectivity index (χ2n) is 10.1. The van der Waals surface area contributed by atoms with E-state index in [-0.39, 0.29) is 29.9 Å². The smallest absolute Gasteiger partial charge is 0.274 e. The van der Waals surface area contributed by atoms with E-state index in [9.17, 15) is 21.6 Å². The molecule has 39 heavy (non-hydrogen) atoms. The number of aromatic nitrogens is 1. The van der Waals surface area contributed by atoms with Crippen LogP contribution in [0, 0.1) is 11.2 Å². The number of rotatable bonds is 6. The number of nitrogens with zero attached hydrogens (tertiary/aromatic N) is 3. The molecule has 0 unspecified atom stereocenters. The standard InChI is InChI=1S/C24H29FN6O6S2/c1-23(18-12-15(4-8-19(18)25)28-21(32)20-9-5-16(37-3)13-27-20)24(39(35,36)30(2)22(26)29-23)10-11-31(14-24)38(33,34)17-6-7-17/h4-5,8-9,12-13,17H,6-7,10-11,14H2,1-3H3,(H2,26,29)(H,28,32)/t23-,24-/m0/s1. The highest BCUT2D eigenvalue weighted by molar-refractivity contribution is 7.91. The van der Waals surface area contributed by atoms with E-state index in [1.165, 1.54) is 49.8 Å². The summed E-state index contributed by atoms with van der Waals surface area (Å²) in [5, 5.41) is 13.3. The topological polar surface area (TPSA) is 162 Å². The number of methoxy groups -OCH3 is 1. The van der Waals surface area contributed by atoms with E-state index < -0.39 is 59.8 Å². The fourth-order valence-electron chi connectivity index (χ4n) is 5.36. The van der Waals surface area contributed by atoms with Crippen molar-refractivity contribution in [1.82, 2.24) is 18.9 Å². The summed E-state index contributed by atoms with van der Waals surface area (Å²) in [5.41, 5.74) is -1.65. The number of carbonyl (C=O) groups excluding carboxylic acids is 1. The number of carbonyl (C=O) groups is 1. The SMILES string of the molecule is COc1ccc(C(=O)Nc2ccc(F)c([C@]3(C)NC(=N)N(C)S(=O)(=O)[C@]34CCN(S(=O)(=O)C3CC3)C4)c2)nc1. The van der Waals surface area contributed by atoms with Crippen molar-refractivity contribution in [2.45, 2.75) is 41.7 Å². The van der Waals surface area contributed by atoms with Gasteiger partial charge in [0, 0.05) is 31.4 Å². The van der Waals surface area contributed by atoms with E-state index in [4.69, 9.17) is 10.1 Å². The predicted molar refractivity (Wildman–Crippen MR) is 141 cm³/mol. The van der Waals surface area contributed by atoms with Gasteiger partial charge in [-0.3, -0.25) is 10.2 Å². The van der Waals surface area contributed by atoms with Gasteiger partial charge in [0.1, 0.15) is 22.0 Å². The van der Waals surface area contributed by atoms with Gasteiger partial charge in [-0.05, 0) is 56.5 Å². The fourth-order valence-corrected chi connectivity index (χ4v) is 9.50. The Morgan fingerprint density at radius 3 is 2.62 bits per heavy atom. The van der Waals surface area contributed by atoms with Gasteiger partial charge in [-0.15, -0.1) is 0 Å². The number of ether oxygens (including phenoxy) is 1. The zero-order valence-corrected chi connectivity index (χ0v) is 23.2. The molecule has 5 rings (SSSR count). The van der Waals surface area contributed by atoms with Crippen molar-refractivity contribution in [1.29, 1.82) is 5.41 Å². The molecule has 2 saturated heterocycles. The average Bonchev–Trinajstić information content (AvgIpc) is 3.66. The van der Waals surface area contributed by atoms with E-state index >= 15 is 4.39 Å². The van der Waals surface area contributed by atoms with Crippen LogP contribution in [0.3, 0.4) is 0 Å². The Balaban J connectivity index is 1.56. The van der Waals surface area contributed by atoms with Crippen LogP contribution in [0.15, 0.2) is 36.5 Å². The van der Waals surface area contributed by atoms with Gasteiger partial charge in [-0.2, -0.15) is 4.31 Å². The van der Waals surface area contributed by atoms with E-state index in [0.29, 0.717) is 18.6 Å². The van der Waals surface area contributed by atoms with E-state index in [0.717, 1.165) is 10.4 Å². The van der Waals surface area contributed by atoms with E-state index in [1.807, 2.05) is 0 Å². The highest BCUT2D eigenvalue weighted by Crippen LogP contribution is 2.51. The summed E-state index contributed by atoms with van der Waals surface area (Å²) >= 11 is 0. The van der Waals surface area contributed by atoms with E-state index in [2.05, 4.69) is 15.6 Å².